The quantitative estimate of drug-likeness (QED) is 0.876. The lowest BCUT2D eigenvalue weighted by molar-refractivity contribution is 0.0655. The summed E-state index contributed by atoms with van der Waals surface area (Å²) in [6, 6.07) is 2.21. The summed E-state index contributed by atoms with van der Waals surface area (Å²) in [5.41, 5.74) is 2.81. The maximum atomic E-state index is 12.8. The van der Waals surface area contributed by atoms with Crippen LogP contribution in [0.4, 0.5) is 0 Å². The summed E-state index contributed by atoms with van der Waals surface area (Å²) in [6.45, 7) is 8.59. The van der Waals surface area contributed by atoms with E-state index in [-0.39, 0.29) is 36.8 Å². The molecule has 8 heteroatoms. The van der Waals surface area contributed by atoms with Gasteiger partial charge in [-0.1, -0.05) is 0 Å². The van der Waals surface area contributed by atoms with E-state index in [1.807, 2.05) is 30.2 Å². The highest BCUT2D eigenvalue weighted by Gasteiger charge is 2.27. The van der Waals surface area contributed by atoms with Crippen LogP contribution in [-0.4, -0.2) is 46.0 Å². The van der Waals surface area contributed by atoms with Crippen molar-refractivity contribution in [3.63, 3.8) is 0 Å². The van der Waals surface area contributed by atoms with E-state index in [9.17, 15) is 4.79 Å². The highest BCUT2D eigenvalue weighted by molar-refractivity contribution is 7.12. The molecule has 0 spiro atoms. The molecule has 0 saturated carbocycles. The van der Waals surface area contributed by atoms with Gasteiger partial charge in [0.25, 0.3) is 5.91 Å². The Kier molecular flexibility index (Phi) is 7.07. The number of rotatable bonds is 2. The van der Waals surface area contributed by atoms with Gasteiger partial charge < -0.3 is 10.2 Å². The second-order valence-electron chi connectivity index (χ2n) is 5.49. The van der Waals surface area contributed by atoms with Gasteiger partial charge in [-0.3, -0.25) is 9.36 Å². The first kappa shape index (κ1) is 20.0. The van der Waals surface area contributed by atoms with E-state index in [4.69, 9.17) is 0 Å². The van der Waals surface area contributed by atoms with Crippen LogP contribution in [-0.2, 0) is 0 Å². The summed E-state index contributed by atoms with van der Waals surface area (Å²) in [7, 11) is 0. The molecule has 23 heavy (non-hydrogen) atoms. The number of amides is 1. The van der Waals surface area contributed by atoms with Crippen molar-refractivity contribution in [3.05, 3.63) is 34.6 Å². The lowest BCUT2D eigenvalue weighted by Crippen LogP contribution is -2.52. The van der Waals surface area contributed by atoms with Crippen LogP contribution in [0.1, 0.15) is 28.7 Å². The van der Waals surface area contributed by atoms with Crippen LogP contribution in [0, 0.1) is 13.8 Å². The van der Waals surface area contributed by atoms with Gasteiger partial charge >= 0.3 is 0 Å². The zero-order chi connectivity index (χ0) is 15.0. The predicted molar refractivity (Wildman–Crippen MR) is 98.8 cm³/mol. The summed E-state index contributed by atoms with van der Waals surface area (Å²) in [5.74, 6) is 0.125. The zero-order valence-corrected chi connectivity index (χ0v) is 15.9. The maximum Gasteiger partial charge on any atom is 0.256 e. The van der Waals surface area contributed by atoms with Gasteiger partial charge in [0.1, 0.15) is 0 Å². The van der Waals surface area contributed by atoms with Crippen molar-refractivity contribution in [1.29, 1.82) is 0 Å². The summed E-state index contributed by atoms with van der Waals surface area (Å²) < 4.78 is 2.06. The number of hydrogen-bond donors (Lipinski definition) is 1. The van der Waals surface area contributed by atoms with Crippen molar-refractivity contribution in [2.75, 3.05) is 19.6 Å². The number of carbonyl (C=O) groups is 1. The van der Waals surface area contributed by atoms with Crippen molar-refractivity contribution in [3.8, 4) is 5.13 Å². The Morgan fingerprint density at radius 3 is 2.74 bits per heavy atom. The van der Waals surface area contributed by atoms with Crippen LogP contribution in [0.15, 0.2) is 17.6 Å². The second kappa shape index (κ2) is 8.15. The van der Waals surface area contributed by atoms with Crippen molar-refractivity contribution in [2.45, 2.75) is 26.8 Å². The number of hydrogen-bond acceptors (Lipinski definition) is 4. The molecule has 2 aromatic rings. The predicted octanol–water partition coefficient (Wildman–Crippen LogP) is 2.83. The highest BCUT2D eigenvalue weighted by atomic mass is 35.5. The monoisotopic (exact) mass is 376 g/mol. The molecule has 128 valence electrons. The van der Waals surface area contributed by atoms with Gasteiger partial charge in [0.05, 0.1) is 5.56 Å². The fourth-order valence-electron chi connectivity index (χ4n) is 2.90. The average Bonchev–Trinajstić information content (AvgIpc) is 3.07. The highest BCUT2D eigenvalue weighted by Crippen LogP contribution is 2.24. The molecule has 0 bridgehead atoms. The van der Waals surface area contributed by atoms with Crippen molar-refractivity contribution in [2.24, 2.45) is 0 Å². The lowest BCUT2D eigenvalue weighted by atomic mass is 10.1. The first-order chi connectivity index (χ1) is 10.1. The molecular formula is C15H22Cl2N4OS. The van der Waals surface area contributed by atoms with E-state index in [1.54, 1.807) is 17.5 Å². The van der Waals surface area contributed by atoms with Crippen LogP contribution in [0.25, 0.3) is 5.13 Å². The number of piperazine rings is 1. The van der Waals surface area contributed by atoms with Gasteiger partial charge in [0.15, 0.2) is 5.13 Å². The van der Waals surface area contributed by atoms with Crippen molar-refractivity contribution in [1.82, 2.24) is 19.8 Å². The smallest absolute Gasteiger partial charge is 0.256 e. The second-order valence-corrected chi connectivity index (χ2v) is 6.36. The molecule has 1 aliphatic rings. The Labute approximate surface area is 152 Å². The minimum atomic E-state index is 0. The van der Waals surface area contributed by atoms with E-state index in [0.29, 0.717) is 0 Å². The van der Waals surface area contributed by atoms with E-state index in [0.717, 1.165) is 41.7 Å². The molecule has 5 nitrogen and oxygen atoms in total. The SMILES string of the molecule is Cc1cc(C(=O)N2CCNC[C@H]2C)c(C)n1-c1nccs1.Cl.Cl. The maximum absolute atomic E-state index is 12.8. The molecule has 0 aliphatic carbocycles. The Morgan fingerprint density at radius 1 is 1.39 bits per heavy atom. The Hall–Kier alpha value is -1.08. The number of aryl methyl sites for hydroxylation is 1. The minimum Gasteiger partial charge on any atom is -0.333 e. The molecule has 0 unspecified atom stereocenters. The molecule has 3 heterocycles. The van der Waals surface area contributed by atoms with E-state index >= 15 is 0 Å². The molecule has 1 fully saturated rings. The van der Waals surface area contributed by atoms with Crippen LogP contribution in [0.3, 0.4) is 0 Å². The minimum absolute atomic E-state index is 0. The van der Waals surface area contributed by atoms with E-state index in [1.165, 1.54) is 0 Å². The van der Waals surface area contributed by atoms with E-state index < -0.39 is 0 Å². The molecule has 2 aromatic heterocycles. The van der Waals surface area contributed by atoms with E-state index in [2.05, 4.69) is 21.8 Å². The van der Waals surface area contributed by atoms with Gasteiger partial charge in [-0.15, -0.1) is 36.2 Å². The Bertz CT molecular complexity index is 657. The van der Waals surface area contributed by atoms with Crippen LogP contribution >= 0.6 is 36.2 Å². The van der Waals surface area contributed by atoms with Gasteiger partial charge in [0, 0.05) is 48.6 Å². The topological polar surface area (TPSA) is 50.2 Å². The standard InChI is InChI=1S/C15H20N4OS.2ClH/c1-10-8-13(12(3)19(10)15-17-5-7-21-15)14(20)18-6-4-16-9-11(18)2;;/h5,7-8,11,16H,4,6,9H2,1-3H3;2*1H/t11-;;/m1../s1. The lowest BCUT2D eigenvalue weighted by Gasteiger charge is -2.34. The summed E-state index contributed by atoms with van der Waals surface area (Å²) in [5, 5.41) is 6.18. The molecule has 1 saturated heterocycles. The van der Waals surface area contributed by atoms with Crippen LogP contribution < -0.4 is 5.32 Å². The van der Waals surface area contributed by atoms with Crippen LogP contribution in [0.2, 0.25) is 0 Å². The molecular weight excluding hydrogens is 355 g/mol. The van der Waals surface area contributed by atoms with Gasteiger partial charge in [-0.2, -0.15) is 0 Å². The zero-order valence-electron chi connectivity index (χ0n) is 13.4. The number of carbonyl (C=O) groups excluding carboxylic acids is 1. The molecule has 1 atom stereocenters. The third-order valence-electron chi connectivity index (χ3n) is 4.03. The van der Waals surface area contributed by atoms with Crippen molar-refractivity contribution < 1.29 is 4.79 Å². The first-order valence-electron chi connectivity index (χ1n) is 7.20. The fraction of sp³-hybridized carbons (Fsp3) is 0.467. The molecule has 1 aliphatic heterocycles. The van der Waals surface area contributed by atoms with Gasteiger partial charge in [-0.05, 0) is 26.8 Å². The Morgan fingerprint density at radius 2 is 2.13 bits per heavy atom. The normalized spacial score (nSPS) is 17.3. The molecule has 0 aromatic carbocycles. The number of thiazole rings is 1. The average molecular weight is 377 g/mol. The number of aromatic nitrogens is 2. The largest absolute Gasteiger partial charge is 0.333 e. The number of halogens is 2. The molecule has 1 N–H and O–H groups in total. The van der Waals surface area contributed by atoms with Crippen molar-refractivity contribution >= 4 is 42.1 Å². The molecule has 3 rings (SSSR count). The number of nitrogens with zero attached hydrogens (tertiary/aromatic N) is 3. The number of nitrogens with one attached hydrogen (secondary N) is 1. The fourth-order valence-corrected chi connectivity index (χ4v) is 3.65. The van der Waals surface area contributed by atoms with Crippen LogP contribution in [0.5, 0.6) is 0 Å². The summed E-state index contributed by atoms with van der Waals surface area (Å²) in [4.78, 5) is 19.2. The Balaban J connectivity index is 0.00000132. The third kappa shape index (κ3) is 3.71. The molecule has 1 amide bonds. The summed E-state index contributed by atoms with van der Waals surface area (Å²) in [6.07, 6.45) is 1.79. The first-order valence-corrected chi connectivity index (χ1v) is 8.08. The third-order valence-corrected chi connectivity index (χ3v) is 4.79. The van der Waals surface area contributed by atoms with Gasteiger partial charge in [0.2, 0.25) is 0 Å². The molecule has 0 radical (unpaired) electrons. The summed E-state index contributed by atoms with van der Waals surface area (Å²) >= 11 is 1.58. The van der Waals surface area contributed by atoms with Gasteiger partial charge in [-0.25, -0.2) is 4.98 Å².